The van der Waals surface area contributed by atoms with Gasteiger partial charge >= 0.3 is 0 Å². The molecule has 23 heavy (non-hydrogen) atoms. The van der Waals surface area contributed by atoms with Gasteiger partial charge in [0, 0.05) is 9.90 Å². The fraction of sp³-hybridized carbons (Fsp3) is 0. The van der Waals surface area contributed by atoms with Crippen LogP contribution in [0.4, 0.5) is 0 Å². The van der Waals surface area contributed by atoms with Crippen LogP contribution >= 0.6 is 22.9 Å². The van der Waals surface area contributed by atoms with E-state index in [2.05, 4.69) is 28.2 Å². The number of thiophene rings is 1. The molecule has 0 aliphatic carbocycles. The van der Waals surface area contributed by atoms with Gasteiger partial charge < -0.3 is 4.74 Å². The quantitative estimate of drug-likeness (QED) is 0.473. The van der Waals surface area contributed by atoms with Crippen molar-refractivity contribution in [3.05, 3.63) is 72.0 Å². The molecule has 4 rings (SSSR count). The Labute approximate surface area is 142 Å². The minimum Gasteiger partial charge on any atom is -0.438 e. The molecule has 0 amide bonds. The summed E-state index contributed by atoms with van der Waals surface area (Å²) in [5, 5.41) is 1.58. The normalized spacial score (nSPS) is 10.8. The summed E-state index contributed by atoms with van der Waals surface area (Å²) in [5.74, 6) is 1.25. The van der Waals surface area contributed by atoms with Gasteiger partial charge in [-0.05, 0) is 35.9 Å². The summed E-state index contributed by atoms with van der Waals surface area (Å²) >= 11 is 7.53. The maximum absolute atomic E-state index is 5.90. The van der Waals surface area contributed by atoms with Crippen molar-refractivity contribution in [3.63, 3.8) is 0 Å². The smallest absolute Gasteiger partial charge is 0.231 e. The van der Waals surface area contributed by atoms with Crippen LogP contribution in [-0.4, -0.2) is 9.97 Å². The van der Waals surface area contributed by atoms with Gasteiger partial charge in [0.15, 0.2) is 0 Å². The molecular formula is C18H11ClN2OS. The van der Waals surface area contributed by atoms with Gasteiger partial charge in [-0.25, -0.2) is 9.97 Å². The third kappa shape index (κ3) is 2.91. The summed E-state index contributed by atoms with van der Waals surface area (Å²) < 4.78 is 5.89. The first kappa shape index (κ1) is 14.2. The summed E-state index contributed by atoms with van der Waals surface area (Å²) in [4.78, 5) is 10.7. The third-order valence-corrected chi connectivity index (χ3v) is 4.72. The summed E-state index contributed by atoms with van der Waals surface area (Å²) in [6, 6.07) is 19.5. The van der Waals surface area contributed by atoms with E-state index in [0.29, 0.717) is 16.7 Å². The molecule has 0 aliphatic rings. The summed E-state index contributed by atoms with van der Waals surface area (Å²) in [5.41, 5.74) is 1.16. The largest absolute Gasteiger partial charge is 0.438 e. The summed E-state index contributed by atoms with van der Waals surface area (Å²) in [6.07, 6.45) is 1.53. The Morgan fingerprint density at radius 3 is 2.48 bits per heavy atom. The lowest BCUT2D eigenvalue weighted by Crippen LogP contribution is -1.88. The highest BCUT2D eigenvalue weighted by atomic mass is 35.5. The average molecular weight is 339 g/mol. The van der Waals surface area contributed by atoms with E-state index in [1.165, 1.54) is 6.33 Å². The monoisotopic (exact) mass is 338 g/mol. The molecule has 4 aromatic rings. The van der Waals surface area contributed by atoms with E-state index in [-0.39, 0.29) is 0 Å². The van der Waals surface area contributed by atoms with E-state index in [1.54, 1.807) is 23.5 Å². The fourth-order valence-corrected chi connectivity index (χ4v) is 3.40. The highest BCUT2D eigenvalue weighted by Gasteiger charge is 2.11. The van der Waals surface area contributed by atoms with E-state index in [4.69, 9.17) is 16.3 Å². The first-order chi connectivity index (χ1) is 11.3. The van der Waals surface area contributed by atoms with Gasteiger partial charge in [-0.1, -0.05) is 41.9 Å². The minimum atomic E-state index is 0.552. The number of benzene rings is 2. The third-order valence-electron chi connectivity index (χ3n) is 3.38. The van der Waals surface area contributed by atoms with Crippen LogP contribution < -0.4 is 4.74 Å². The predicted molar refractivity (Wildman–Crippen MR) is 94.4 cm³/mol. The predicted octanol–water partition coefficient (Wildman–Crippen LogP) is 5.80. The van der Waals surface area contributed by atoms with Crippen molar-refractivity contribution < 1.29 is 4.74 Å². The van der Waals surface area contributed by atoms with Crippen LogP contribution in [0.25, 0.3) is 20.7 Å². The van der Waals surface area contributed by atoms with Crippen molar-refractivity contribution in [1.82, 2.24) is 9.97 Å². The van der Waals surface area contributed by atoms with Crippen molar-refractivity contribution in [1.29, 1.82) is 0 Å². The van der Waals surface area contributed by atoms with Crippen LogP contribution in [0, 0.1) is 0 Å². The Balaban J connectivity index is 1.75. The summed E-state index contributed by atoms with van der Waals surface area (Å²) in [7, 11) is 0. The molecule has 0 fully saturated rings. The highest BCUT2D eigenvalue weighted by Crippen LogP contribution is 2.37. The van der Waals surface area contributed by atoms with Gasteiger partial charge in [-0.3, -0.25) is 0 Å². The second-order valence-electron chi connectivity index (χ2n) is 4.93. The Kier molecular flexibility index (Phi) is 3.69. The van der Waals surface area contributed by atoms with Gasteiger partial charge in [-0.15, -0.1) is 11.3 Å². The molecule has 2 aromatic carbocycles. The van der Waals surface area contributed by atoms with Crippen molar-refractivity contribution >= 4 is 33.2 Å². The fourth-order valence-electron chi connectivity index (χ4n) is 2.27. The maximum atomic E-state index is 5.90. The van der Waals surface area contributed by atoms with Crippen LogP contribution in [0.2, 0.25) is 5.02 Å². The molecule has 0 bridgehead atoms. The second kappa shape index (κ2) is 5.99. The first-order valence-corrected chi connectivity index (χ1v) is 8.22. The minimum absolute atomic E-state index is 0.552. The lowest BCUT2D eigenvalue weighted by Gasteiger charge is -2.05. The van der Waals surface area contributed by atoms with Crippen molar-refractivity contribution in [2.75, 3.05) is 0 Å². The molecule has 2 aromatic heterocycles. The number of hydrogen-bond acceptors (Lipinski definition) is 4. The number of aromatic nitrogens is 2. The Hall–Kier alpha value is -2.43. The first-order valence-electron chi connectivity index (χ1n) is 7.03. The number of fused-ring (bicyclic) bond motifs is 1. The van der Waals surface area contributed by atoms with Gasteiger partial charge in [-0.2, -0.15) is 0 Å². The van der Waals surface area contributed by atoms with E-state index in [1.807, 2.05) is 30.3 Å². The molecule has 0 radical (unpaired) electrons. The van der Waals surface area contributed by atoms with Gasteiger partial charge in [0.1, 0.15) is 16.9 Å². The highest BCUT2D eigenvalue weighted by molar-refractivity contribution is 7.21. The number of rotatable bonds is 3. The Bertz CT molecular complexity index is 952. The van der Waals surface area contributed by atoms with Crippen LogP contribution in [0.5, 0.6) is 11.6 Å². The van der Waals surface area contributed by atoms with E-state index in [0.717, 1.165) is 20.7 Å². The van der Waals surface area contributed by atoms with Crippen molar-refractivity contribution in [3.8, 4) is 22.1 Å². The molecule has 0 spiro atoms. The molecule has 2 heterocycles. The molecule has 5 heteroatoms. The van der Waals surface area contributed by atoms with Crippen molar-refractivity contribution in [2.45, 2.75) is 0 Å². The summed E-state index contributed by atoms with van der Waals surface area (Å²) in [6.45, 7) is 0. The van der Waals surface area contributed by atoms with Gasteiger partial charge in [0.2, 0.25) is 5.88 Å². The van der Waals surface area contributed by atoms with E-state index in [9.17, 15) is 0 Å². The lowest BCUT2D eigenvalue weighted by molar-refractivity contribution is 0.468. The van der Waals surface area contributed by atoms with Crippen molar-refractivity contribution in [2.24, 2.45) is 0 Å². The maximum Gasteiger partial charge on any atom is 0.231 e. The Morgan fingerprint density at radius 2 is 1.70 bits per heavy atom. The SMILES string of the molecule is Clc1ccc(Oc2ncnc3sc(-c4ccccc4)cc23)cc1. The molecule has 0 N–H and O–H groups in total. The molecule has 0 saturated carbocycles. The topological polar surface area (TPSA) is 35.0 Å². The zero-order valence-corrected chi connectivity index (χ0v) is 13.5. The number of ether oxygens (including phenoxy) is 1. The van der Waals surface area contributed by atoms with Gasteiger partial charge in [0.25, 0.3) is 0 Å². The second-order valence-corrected chi connectivity index (χ2v) is 6.40. The van der Waals surface area contributed by atoms with Crippen LogP contribution in [0.3, 0.4) is 0 Å². The van der Waals surface area contributed by atoms with E-state index < -0.39 is 0 Å². The number of nitrogens with zero attached hydrogens (tertiary/aromatic N) is 2. The molecule has 0 atom stereocenters. The molecular weight excluding hydrogens is 328 g/mol. The number of halogens is 1. The van der Waals surface area contributed by atoms with Crippen LogP contribution in [0.1, 0.15) is 0 Å². The van der Waals surface area contributed by atoms with E-state index >= 15 is 0 Å². The molecule has 0 unspecified atom stereocenters. The molecule has 0 saturated heterocycles. The average Bonchev–Trinajstić information content (AvgIpc) is 3.03. The Morgan fingerprint density at radius 1 is 0.913 bits per heavy atom. The van der Waals surface area contributed by atoms with Crippen LogP contribution in [-0.2, 0) is 0 Å². The zero-order chi connectivity index (χ0) is 15.6. The molecule has 3 nitrogen and oxygen atoms in total. The zero-order valence-electron chi connectivity index (χ0n) is 11.9. The number of hydrogen-bond donors (Lipinski definition) is 0. The molecule has 0 aliphatic heterocycles. The van der Waals surface area contributed by atoms with Gasteiger partial charge in [0.05, 0.1) is 5.39 Å². The standard InChI is InChI=1S/C18H11ClN2OS/c19-13-6-8-14(9-7-13)22-17-15-10-16(12-4-2-1-3-5-12)23-18(15)21-11-20-17/h1-11H. The molecule has 112 valence electrons. The lowest BCUT2D eigenvalue weighted by atomic mass is 10.2. The van der Waals surface area contributed by atoms with Crippen LogP contribution in [0.15, 0.2) is 67.0 Å².